The summed E-state index contributed by atoms with van der Waals surface area (Å²) in [6.45, 7) is 0.436. The SMILES string of the molecule is COC(=O)c1ccc(CN(C)C(=O)c2csc(-c3ccsc3)n2)cc1. The van der Waals surface area contributed by atoms with Gasteiger partial charge in [-0.2, -0.15) is 11.3 Å². The van der Waals surface area contributed by atoms with Crippen LogP contribution < -0.4 is 0 Å². The van der Waals surface area contributed by atoms with Crippen molar-refractivity contribution in [2.75, 3.05) is 14.2 Å². The minimum atomic E-state index is -0.376. The molecule has 25 heavy (non-hydrogen) atoms. The summed E-state index contributed by atoms with van der Waals surface area (Å²) in [5.74, 6) is -0.505. The van der Waals surface area contributed by atoms with E-state index >= 15 is 0 Å². The van der Waals surface area contributed by atoms with E-state index < -0.39 is 0 Å². The predicted molar refractivity (Wildman–Crippen MR) is 99.0 cm³/mol. The van der Waals surface area contributed by atoms with Gasteiger partial charge in [-0.1, -0.05) is 12.1 Å². The molecule has 2 heterocycles. The quantitative estimate of drug-likeness (QED) is 0.637. The number of amides is 1. The topological polar surface area (TPSA) is 59.5 Å². The Hall–Kier alpha value is -2.51. The van der Waals surface area contributed by atoms with Gasteiger partial charge in [-0.15, -0.1) is 11.3 Å². The van der Waals surface area contributed by atoms with Crippen molar-refractivity contribution in [1.82, 2.24) is 9.88 Å². The second kappa shape index (κ2) is 7.58. The van der Waals surface area contributed by atoms with Crippen molar-refractivity contribution in [3.05, 3.63) is 63.3 Å². The van der Waals surface area contributed by atoms with Crippen LogP contribution >= 0.6 is 22.7 Å². The maximum absolute atomic E-state index is 12.6. The zero-order valence-corrected chi connectivity index (χ0v) is 15.4. The number of hydrogen-bond acceptors (Lipinski definition) is 6. The molecule has 0 atom stereocenters. The maximum atomic E-state index is 12.6. The first-order valence-electron chi connectivity index (χ1n) is 7.49. The molecule has 0 bridgehead atoms. The third kappa shape index (κ3) is 3.94. The lowest BCUT2D eigenvalue weighted by Crippen LogP contribution is -2.26. The average Bonchev–Trinajstić information content (AvgIpc) is 3.32. The fourth-order valence-electron chi connectivity index (χ4n) is 2.30. The van der Waals surface area contributed by atoms with E-state index in [1.54, 1.807) is 40.8 Å². The number of carbonyl (C=O) groups excluding carboxylic acids is 2. The van der Waals surface area contributed by atoms with Crippen molar-refractivity contribution < 1.29 is 14.3 Å². The van der Waals surface area contributed by atoms with Gasteiger partial charge in [0.25, 0.3) is 5.91 Å². The summed E-state index contributed by atoms with van der Waals surface area (Å²) in [4.78, 5) is 30.0. The molecule has 5 nitrogen and oxygen atoms in total. The molecule has 7 heteroatoms. The van der Waals surface area contributed by atoms with Crippen LogP contribution in [0.1, 0.15) is 26.4 Å². The molecule has 0 saturated heterocycles. The molecule has 0 aliphatic rings. The first-order valence-corrected chi connectivity index (χ1v) is 9.31. The number of nitrogens with zero attached hydrogens (tertiary/aromatic N) is 2. The van der Waals surface area contributed by atoms with E-state index in [2.05, 4.69) is 9.72 Å². The van der Waals surface area contributed by atoms with Gasteiger partial charge in [0, 0.05) is 29.9 Å². The number of aromatic nitrogens is 1. The number of esters is 1. The van der Waals surface area contributed by atoms with Gasteiger partial charge in [0.2, 0.25) is 0 Å². The average molecular weight is 372 g/mol. The summed E-state index contributed by atoms with van der Waals surface area (Å²) in [5, 5.41) is 6.63. The first-order chi connectivity index (χ1) is 12.1. The second-order valence-corrected chi connectivity index (χ2v) is 7.04. The third-order valence-electron chi connectivity index (χ3n) is 3.63. The fraction of sp³-hybridized carbons (Fsp3) is 0.167. The molecule has 0 N–H and O–H groups in total. The predicted octanol–water partition coefficient (Wildman–Crippen LogP) is 3.93. The van der Waals surface area contributed by atoms with Crippen LogP contribution in [0, 0.1) is 0 Å². The van der Waals surface area contributed by atoms with Crippen LogP contribution in [0.2, 0.25) is 0 Å². The molecule has 0 fully saturated rings. The number of methoxy groups -OCH3 is 1. The maximum Gasteiger partial charge on any atom is 0.337 e. The van der Waals surface area contributed by atoms with Gasteiger partial charge in [-0.05, 0) is 29.1 Å². The van der Waals surface area contributed by atoms with E-state index in [1.807, 2.05) is 29.0 Å². The van der Waals surface area contributed by atoms with Crippen molar-refractivity contribution in [2.45, 2.75) is 6.54 Å². The molecule has 3 rings (SSSR count). The molecule has 0 unspecified atom stereocenters. The lowest BCUT2D eigenvalue weighted by Gasteiger charge is -2.16. The van der Waals surface area contributed by atoms with Gasteiger partial charge in [-0.3, -0.25) is 4.79 Å². The zero-order valence-electron chi connectivity index (χ0n) is 13.8. The van der Waals surface area contributed by atoms with Crippen molar-refractivity contribution in [1.29, 1.82) is 0 Å². The molecule has 1 aromatic carbocycles. The van der Waals surface area contributed by atoms with Gasteiger partial charge in [0.1, 0.15) is 10.7 Å². The molecule has 0 saturated carbocycles. The normalized spacial score (nSPS) is 10.5. The number of rotatable bonds is 5. The standard InChI is InChI=1S/C18H16N2O3S2/c1-20(9-12-3-5-13(6-4-12)18(22)23-2)17(21)15-11-25-16(19-15)14-7-8-24-10-14/h3-8,10-11H,9H2,1-2H3. The summed E-state index contributed by atoms with van der Waals surface area (Å²) in [6, 6.07) is 9.00. The fourth-order valence-corrected chi connectivity index (χ4v) is 3.80. The van der Waals surface area contributed by atoms with Crippen LogP contribution in [-0.4, -0.2) is 35.9 Å². The molecular formula is C18H16N2O3S2. The van der Waals surface area contributed by atoms with Gasteiger partial charge >= 0.3 is 5.97 Å². The molecule has 128 valence electrons. The number of ether oxygens (including phenoxy) is 1. The van der Waals surface area contributed by atoms with Crippen LogP contribution in [0.3, 0.4) is 0 Å². The number of hydrogen-bond donors (Lipinski definition) is 0. The van der Waals surface area contributed by atoms with E-state index in [-0.39, 0.29) is 11.9 Å². The molecular weight excluding hydrogens is 356 g/mol. The van der Waals surface area contributed by atoms with E-state index in [9.17, 15) is 9.59 Å². The van der Waals surface area contributed by atoms with Crippen LogP contribution in [0.5, 0.6) is 0 Å². The van der Waals surface area contributed by atoms with E-state index in [1.165, 1.54) is 18.4 Å². The van der Waals surface area contributed by atoms with Crippen molar-refractivity contribution in [3.8, 4) is 10.6 Å². The largest absolute Gasteiger partial charge is 0.465 e. The number of benzene rings is 1. The Morgan fingerprint density at radius 1 is 1.16 bits per heavy atom. The smallest absolute Gasteiger partial charge is 0.337 e. The summed E-state index contributed by atoms with van der Waals surface area (Å²) in [5.41, 5.74) is 2.90. The van der Waals surface area contributed by atoms with Crippen molar-refractivity contribution in [2.24, 2.45) is 0 Å². The van der Waals surface area contributed by atoms with E-state index in [4.69, 9.17) is 0 Å². The summed E-state index contributed by atoms with van der Waals surface area (Å²) < 4.78 is 4.68. The Labute approximate surface area is 153 Å². The third-order valence-corrected chi connectivity index (χ3v) is 5.21. The van der Waals surface area contributed by atoms with Crippen molar-refractivity contribution >= 4 is 34.6 Å². The Kier molecular flexibility index (Phi) is 5.25. The van der Waals surface area contributed by atoms with Crippen LogP contribution in [-0.2, 0) is 11.3 Å². The lowest BCUT2D eigenvalue weighted by atomic mass is 10.1. The van der Waals surface area contributed by atoms with Gasteiger partial charge < -0.3 is 9.64 Å². The van der Waals surface area contributed by atoms with Crippen molar-refractivity contribution in [3.63, 3.8) is 0 Å². The highest BCUT2D eigenvalue weighted by Crippen LogP contribution is 2.26. The van der Waals surface area contributed by atoms with Gasteiger partial charge in [0.05, 0.1) is 12.7 Å². The van der Waals surface area contributed by atoms with Crippen LogP contribution in [0.25, 0.3) is 10.6 Å². The number of thiazole rings is 1. The molecule has 0 radical (unpaired) electrons. The highest BCUT2D eigenvalue weighted by atomic mass is 32.1. The summed E-state index contributed by atoms with van der Waals surface area (Å²) in [6.07, 6.45) is 0. The Morgan fingerprint density at radius 2 is 1.92 bits per heavy atom. The highest BCUT2D eigenvalue weighted by Gasteiger charge is 2.17. The lowest BCUT2D eigenvalue weighted by molar-refractivity contribution is 0.0600. The molecule has 0 aliphatic heterocycles. The zero-order chi connectivity index (χ0) is 17.8. The first kappa shape index (κ1) is 17.3. The molecule has 1 amide bonds. The van der Waals surface area contributed by atoms with Gasteiger partial charge in [0.15, 0.2) is 0 Å². The van der Waals surface area contributed by atoms with Crippen LogP contribution in [0.15, 0.2) is 46.5 Å². The summed E-state index contributed by atoms with van der Waals surface area (Å²) in [7, 11) is 3.08. The number of thiophene rings is 1. The highest BCUT2D eigenvalue weighted by molar-refractivity contribution is 7.14. The van der Waals surface area contributed by atoms with E-state index in [0.29, 0.717) is 17.8 Å². The molecule has 0 spiro atoms. The Bertz CT molecular complexity index is 870. The van der Waals surface area contributed by atoms with Gasteiger partial charge in [-0.25, -0.2) is 9.78 Å². The Balaban J connectivity index is 1.67. The second-order valence-electron chi connectivity index (χ2n) is 5.40. The Morgan fingerprint density at radius 3 is 2.56 bits per heavy atom. The molecule has 3 aromatic rings. The van der Waals surface area contributed by atoms with E-state index in [0.717, 1.165) is 16.1 Å². The minimum Gasteiger partial charge on any atom is -0.465 e. The molecule has 2 aromatic heterocycles. The minimum absolute atomic E-state index is 0.130. The number of carbonyl (C=O) groups is 2. The molecule has 0 aliphatic carbocycles. The summed E-state index contributed by atoms with van der Waals surface area (Å²) >= 11 is 3.07. The monoisotopic (exact) mass is 372 g/mol. The van der Waals surface area contributed by atoms with Crippen LogP contribution in [0.4, 0.5) is 0 Å².